The molecule has 2 rings (SSSR count). The van der Waals surface area contributed by atoms with E-state index in [0.29, 0.717) is 12.5 Å². The van der Waals surface area contributed by atoms with Crippen LogP contribution in [0.2, 0.25) is 0 Å². The highest BCUT2D eigenvalue weighted by atomic mass is 79.9. The fourth-order valence-corrected chi connectivity index (χ4v) is 3.54. The predicted octanol–water partition coefficient (Wildman–Crippen LogP) is 2.74. The van der Waals surface area contributed by atoms with Gasteiger partial charge in [0.15, 0.2) is 0 Å². The first-order valence-corrected chi connectivity index (χ1v) is 7.12. The Balaban J connectivity index is 0.00000144. The van der Waals surface area contributed by atoms with E-state index >= 15 is 0 Å². The van der Waals surface area contributed by atoms with E-state index in [1.807, 2.05) is 16.3 Å². The van der Waals surface area contributed by atoms with Crippen LogP contribution in [0, 0.1) is 5.92 Å². The van der Waals surface area contributed by atoms with Crippen LogP contribution in [0.5, 0.6) is 0 Å². The second-order valence-electron chi connectivity index (χ2n) is 4.09. The van der Waals surface area contributed by atoms with Crippen molar-refractivity contribution in [2.45, 2.75) is 12.8 Å². The van der Waals surface area contributed by atoms with Crippen molar-refractivity contribution in [2.24, 2.45) is 11.7 Å². The molecule has 17 heavy (non-hydrogen) atoms. The average molecular weight is 340 g/mol. The Morgan fingerprint density at radius 3 is 3.00 bits per heavy atom. The molecule has 1 aromatic rings. The Morgan fingerprint density at radius 1 is 1.65 bits per heavy atom. The molecule has 1 fully saturated rings. The van der Waals surface area contributed by atoms with Crippen molar-refractivity contribution in [3.8, 4) is 0 Å². The molecule has 1 aliphatic rings. The highest BCUT2D eigenvalue weighted by Gasteiger charge is 2.25. The maximum atomic E-state index is 12.2. The summed E-state index contributed by atoms with van der Waals surface area (Å²) in [7, 11) is 0. The molecule has 0 aliphatic carbocycles. The number of thiophene rings is 1. The first-order chi connectivity index (χ1) is 7.72. The summed E-state index contributed by atoms with van der Waals surface area (Å²) in [4.78, 5) is 14.9. The van der Waals surface area contributed by atoms with Crippen molar-refractivity contribution in [1.29, 1.82) is 0 Å². The van der Waals surface area contributed by atoms with Crippen LogP contribution >= 0.6 is 39.7 Å². The number of hydrogen-bond donors (Lipinski definition) is 1. The lowest BCUT2D eigenvalue weighted by atomic mass is 9.98. The van der Waals surface area contributed by atoms with Crippen LogP contribution in [-0.2, 0) is 0 Å². The van der Waals surface area contributed by atoms with Gasteiger partial charge >= 0.3 is 0 Å². The number of hydrogen-bond acceptors (Lipinski definition) is 3. The molecule has 1 atom stereocenters. The molecule has 3 nitrogen and oxygen atoms in total. The van der Waals surface area contributed by atoms with E-state index in [9.17, 15) is 4.79 Å². The van der Waals surface area contributed by atoms with Crippen LogP contribution in [0.15, 0.2) is 15.9 Å². The third-order valence-corrected chi connectivity index (χ3v) is 4.78. The zero-order valence-electron chi connectivity index (χ0n) is 9.39. The number of carbonyl (C=O) groups is 1. The number of amides is 1. The molecule has 2 N–H and O–H groups in total. The van der Waals surface area contributed by atoms with Gasteiger partial charge in [-0.1, -0.05) is 0 Å². The monoisotopic (exact) mass is 338 g/mol. The zero-order valence-corrected chi connectivity index (χ0v) is 12.6. The van der Waals surface area contributed by atoms with Crippen LogP contribution in [0.25, 0.3) is 0 Å². The van der Waals surface area contributed by atoms with Crippen LogP contribution in [0.4, 0.5) is 0 Å². The molecule has 1 aliphatic heterocycles. The quantitative estimate of drug-likeness (QED) is 0.900. The fraction of sp³-hybridized carbons (Fsp3) is 0.545. The van der Waals surface area contributed by atoms with E-state index in [1.54, 1.807) is 0 Å². The van der Waals surface area contributed by atoms with Gasteiger partial charge in [0.1, 0.15) is 4.88 Å². The van der Waals surface area contributed by atoms with E-state index in [4.69, 9.17) is 5.73 Å². The summed E-state index contributed by atoms with van der Waals surface area (Å²) in [5.74, 6) is 0.608. The highest BCUT2D eigenvalue weighted by Crippen LogP contribution is 2.26. The molecular weight excluding hydrogens is 324 g/mol. The summed E-state index contributed by atoms with van der Waals surface area (Å²) in [6.07, 6.45) is 2.21. The van der Waals surface area contributed by atoms with Gasteiger partial charge in [-0.25, -0.2) is 0 Å². The van der Waals surface area contributed by atoms with Crippen LogP contribution in [0.1, 0.15) is 22.5 Å². The lowest BCUT2D eigenvalue weighted by Gasteiger charge is -2.31. The molecule has 1 amide bonds. The maximum Gasteiger partial charge on any atom is 0.265 e. The highest BCUT2D eigenvalue weighted by molar-refractivity contribution is 9.10. The average Bonchev–Trinajstić information content (AvgIpc) is 2.74. The van der Waals surface area contributed by atoms with Crippen molar-refractivity contribution in [2.75, 3.05) is 19.6 Å². The fourth-order valence-electron chi connectivity index (χ4n) is 2.03. The Kier molecular flexibility index (Phi) is 5.92. The van der Waals surface area contributed by atoms with Crippen LogP contribution in [0.3, 0.4) is 0 Å². The molecular formula is C11H16BrClN2OS. The summed E-state index contributed by atoms with van der Waals surface area (Å²) >= 11 is 4.89. The van der Waals surface area contributed by atoms with Gasteiger partial charge in [0.25, 0.3) is 5.91 Å². The summed E-state index contributed by atoms with van der Waals surface area (Å²) in [5.41, 5.74) is 5.67. The number of nitrogens with zero attached hydrogens (tertiary/aromatic N) is 1. The molecule has 1 aromatic heterocycles. The van der Waals surface area contributed by atoms with Gasteiger partial charge < -0.3 is 10.6 Å². The molecule has 1 unspecified atom stereocenters. The van der Waals surface area contributed by atoms with Crippen molar-refractivity contribution in [3.63, 3.8) is 0 Å². The maximum absolute atomic E-state index is 12.2. The molecule has 0 saturated carbocycles. The molecule has 6 heteroatoms. The smallest absolute Gasteiger partial charge is 0.265 e. The van der Waals surface area contributed by atoms with Gasteiger partial charge in [-0.05, 0) is 52.7 Å². The second-order valence-corrected chi connectivity index (χ2v) is 5.86. The Bertz CT molecular complexity index is 385. The van der Waals surface area contributed by atoms with Gasteiger partial charge in [0.2, 0.25) is 0 Å². The van der Waals surface area contributed by atoms with E-state index in [-0.39, 0.29) is 18.3 Å². The predicted molar refractivity (Wildman–Crippen MR) is 76.9 cm³/mol. The summed E-state index contributed by atoms with van der Waals surface area (Å²) in [6.45, 7) is 2.34. The van der Waals surface area contributed by atoms with Gasteiger partial charge in [-0.2, -0.15) is 0 Å². The van der Waals surface area contributed by atoms with Crippen molar-refractivity contribution >= 4 is 45.6 Å². The molecule has 0 bridgehead atoms. The van der Waals surface area contributed by atoms with Crippen LogP contribution in [-0.4, -0.2) is 30.4 Å². The molecule has 0 aromatic carbocycles. The molecule has 0 radical (unpaired) electrons. The van der Waals surface area contributed by atoms with Gasteiger partial charge in [0, 0.05) is 17.6 Å². The van der Waals surface area contributed by atoms with E-state index < -0.39 is 0 Å². The van der Waals surface area contributed by atoms with Gasteiger partial charge in [-0.15, -0.1) is 23.7 Å². The normalized spacial score (nSPS) is 19.9. The standard InChI is InChI=1S/C11H15BrN2OS.ClH/c12-9-3-5-16-10(9)11(15)14-4-1-2-8(6-13)7-14;/h3,5,8H,1-2,4,6-7,13H2;1H. The van der Waals surface area contributed by atoms with Crippen molar-refractivity contribution in [1.82, 2.24) is 4.90 Å². The minimum atomic E-state index is 0. The summed E-state index contributed by atoms with van der Waals surface area (Å²) < 4.78 is 0.900. The number of carbonyl (C=O) groups excluding carboxylic acids is 1. The third-order valence-electron chi connectivity index (χ3n) is 2.95. The lowest BCUT2D eigenvalue weighted by molar-refractivity contribution is 0.0682. The van der Waals surface area contributed by atoms with E-state index in [1.165, 1.54) is 11.3 Å². The minimum absolute atomic E-state index is 0. The Hall–Kier alpha value is -0.100. The molecule has 2 heterocycles. The van der Waals surface area contributed by atoms with E-state index in [2.05, 4.69) is 15.9 Å². The largest absolute Gasteiger partial charge is 0.338 e. The van der Waals surface area contributed by atoms with Gasteiger partial charge in [0.05, 0.1) is 0 Å². The minimum Gasteiger partial charge on any atom is -0.338 e. The number of piperidine rings is 1. The molecule has 96 valence electrons. The van der Waals surface area contributed by atoms with Gasteiger partial charge in [-0.3, -0.25) is 4.79 Å². The topological polar surface area (TPSA) is 46.3 Å². The SMILES string of the molecule is Cl.NCC1CCCN(C(=O)c2sccc2Br)C1. The molecule has 1 saturated heterocycles. The Labute approximate surface area is 120 Å². The van der Waals surface area contributed by atoms with Crippen LogP contribution < -0.4 is 5.73 Å². The first kappa shape index (κ1) is 15.0. The number of likely N-dealkylation sites (tertiary alicyclic amines) is 1. The lowest BCUT2D eigenvalue weighted by Crippen LogP contribution is -2.41. The summed E-state index contributed by atoms with van der Waals surface area (Å²) in [6, 6.07) is 1.92. The number of halogens is 2. The zero-order chi connectivity index (χ0) is 11.5. The van der Waals surface area contributed by atoms with Crippen molar-refractivity contribution in [3.05, 3.63) is 20.8 Å². The Morgan fingerprint density at radius 2 is 2.41 bits per heavy atom. The third kappa shape index (κ3) is 3.44. The summed E-state index contributed by atoms with van der Waals surface area (Å²) in [5, 5.41) is 1.93. The second kappa shape index (κ2) is 6.73. The van der Waals surface area contributed by atoms with Crippen molar-refractivity contribution < 1.29 is 4.79 Å². The molecule has 0 spiro atoms. The first-order valence-electron chi connectivity index (χ1n) is 5.44. The van der Waals surface area contributed by atoms with E-state index in [0.717, 1.165) is 35.3 Å². The number of nitrogens with two attached hydrogens (primary N) is 1. The number of rotatable bonds is 2.